The first-order valence-electron chi connectivity index (χ1n) is 14.6. The quantitative estimate of drug-likeness (QED) is 0.350. The molecule has 0 bridgehead atoms. The second-order valence-corrected chi connectivity index (χ2v) is 19.1. The van der Waals surface area contributed by atoms with Crippen LogP contribution in [0.2, 0.25) is 18.1 Å². The van der Waals surface area contributed by atoms with Gasteiger partial charge in [-0.15, -0.1) is 0 Å². The fraction of sp³-hybridized carbons (Fsp3) is 0.606. The molecule has 0 saturated carbocycles. The predicted molar refractivity (Wildman–Crippen MR) is 159 cm³/mol. The van der Waals surface area contributed by atoms with Crippen LogP contribution in [0.1, 0.15) is 131 Å². The molecule has 7 heteroatoms. The van der Waals surface area contributed by atoms with Crippen LogP contribution in [-0.4, -0.2) is 18.4 Å². The number of halogens is 3. The summed E-state index contributed by atoms with van der Waals surface area (Å²) in [5.74, 6) is 0.0231. The first kappa shape index (κ1) is 31.0. The lowest BCUT2D eigenvalue weighted by atomic mass is 9.71. The molecule has 1 aromatic carbocycles. The van der Waals surface area contributed by atoms with Crippen LogP contribution < -0.4 is 0 Å². The predicted octanol–water partition coefficient (Wildman–Crippen LogP) is 9.91. The summed E-state index contributed by atoms with van der Waals surface area (Å²) >= 11 is 0. The van der Waals surface area contributed by atoms with E-state index >= 15 is 0 Å². The van der Waals surface area contributed by atoms with Gasteiger partial charge in [0.25, 0.3) is 0 Å². The minimum Gasteiger partial charge on any atom is -0.410 e. The number of aliphatic hydroxyl groups is 1. The molecular weight excluding hydrogens is 527 g/mol. The third-order valence-electron chi connectivity index (χ3n) is 9.07. The molecule has 0 saturated heterocycles. The minimum atomic E-state index is -4.43. The van der Waals surface area contributed by atoms with Gasteiger partial charge >= 0.3 is 6.18 Å². The number of alkyl halides is 3. The molecule has 2 aliphatic carbocycles. The number of pyridine rings is 1. The molecule has 2 atom stereocenters. The van der Waals surface area contributed by atoms with Crippen molar-refractivity contribution in [1.82, 2.24) is 4.98 Å². The van der Waals surface area contributed by atoms with Gasteiger partial charge in [0.1, 0.15) is 6.10 Å². The molecule has 0 radical (unpaired) electrons. The SMILES string of the molecule is CC(C)c1nc2c(c(C3=CCCC3)c1[C@@H](O)c1ccc(C(F)(F)F)cc1)[C@@H](O[Si](C)(C)C(C)(C)C)CC(C)(C)C2. The van der Waals surface area contributed by atoms with Crippen LogP contribution in [0.5, 0.6) is 0 Å². The lowest BCUT2D eigenvalue weighted by molar-refractivity contribution is -0.137. The molecular formula is C33H46F3NO2Si. The van der Waals surface area contributed by atoms with Crippen LogP contribution >= 0.6 is 0 Å². The lowest BCUT2D eigenvalue weighted by Crippen LogP contribution is -2.44. The van der Waals surface area contributed by atoms with Crippen molar-refractivity contribution in [3.8, 4) is 0 Å². The van der Waals surface area contributed by atoms with Gasteiger partial charge in [0.15, 0.2) is 8.32 Å². The van der Waals surface area contributed by atoms with Crippen LogP contribution in [0.15, 0.2) is 30.3 Å². The van der Waals surface area contributed by atoms with Crippen molar-refractivity contribution in [2.45, 2.75) is 123 Å². The molecule has 1 N–H and O–H groups in total. The highest BCUT2D eigenvalue weighted by molar-refractivity contribution is 6.74. The maximum Gasteiger partial charge on any atom is 0.416 e. The Morgan fingerprint density at radius 1 is 1.07 bits per heavy atom. The lowest BCUT2D eigenvalue weighted by Gasteiger charge is -2.45. The number of hydrogen-bond acceptors (Lipinski definition) is 3. The zero-order valence-electron chi connectivity index (χ0n) is 25.6. The van der Waals surface area contributed by atoms with Crippen LogP contribution in [0.3, 0.4) is 0 Å². The van der Waals surface area contributed by atoms with Crippen molar-refractivity contribution in [3.05, 3.63) is 69.5 Å². The van der Waals surface area contributed by atoms with E-state index in [1.807, 2.05) is 0 Å². The minimum absolute atomic E-state index is 0.00380. The van der Waals surface area contributed by atoms with E-state index in [0.29, 0.717) is 5.56 Å². The smallest absolute Gasteiger partial charge is 0.410 e. The van der Waals surface area contributed by atoms with Crippen molar-refractivity contribution in [1.29, 1.82) is 0 Å². The van der Waals surface area contributed by atoms with Gasteiger partial charge in [0, 0.05) is 22.5 Å². The summed E-state index contributed by atoms with van der Waals surface area (Å²) in [6.45, 7) is 20.0. The summed E-state index contributed by atoms with van der Waals surface area (Å²) in [6, 6.07) is 4.91. The number of fused-ring (bicyclic) bond motifs is 1. The molecule has 3 nitrogen and oxygen atoms in total. The van der Waals surface area contributed by atoms with Gasteiger partial charge in [-0.1, -0.05) is 66.7 Å². The molecule has 0 unspecified atom stereocenters. The van der Waals surface area contributed by atoms with E-state index in [-0.39, 0.29) is 22.5 Å². The highest BCUT2D eigenvalue weighted by atomic mass is 28.4. The van der Waals surface area contributed by atoms with Crippen molar-refractivity contribution in [2.75, 3.05) is 0 Å². The number of rotatable bonds is 6. The van der Waals surface area contributed by atoms with Crippen molar-refractivity contribution in [2.24, 2.45) is 5.41 Å². The van der Waals surface area contributed by atoms with Gasteiger partial charge in [0.05, 0.1) is 11.7 Å². The average Bonchev–Trinajstić information content (AvgIpc) is 3.35. The molecule has 0 aliphatic heterocycles. The Labute approximate surface area is 239 Å². The van der Waals surface area contributed by atoms with E-state index in [2.05, 4.69) is 67.6 Å². The Balaban J connectivity index is 1.99. The van der Waals surface area contributed by atoms with Crippen molar-refractivity contribution in [3.63, 3.8) is 0 Å². The molecule has 0 spiro atoms. The number of aromatic nitrogens is 1. The normalized spacial score (nSPS) is 20.4. The van der Waals surface area contributed by atoms with E-state index < -0.39 is 26.2 Å². The van der Waals surface area contributed by atoms with Gasteiger partial charge in [-0.25, -0.2) is 0 Å². The molecule has 0 amide bonds. The topological polar surface area (TPSA) is 42.4 Å². The monoisotopic (exact) mass is 573 g/mol. The Hall–Kier alpha value is -1.96. The van der Waals surface area contributed by atoms with Crippen LogP contribution in [0, 0.1) is 5.41 Å². The van der Waals surface area contributed by atoms with Gasteiger partial charge in [0.2, 0.25) is 0 Å². The molecule has 2 aliphatic rings. The van der Waals surface area contributed by atoms with Crippen LogP contribution in [-0.2, 0) is 17.0 Å². The number of aliphatic hydroxyl groups excluding tert-OH is 1. The summed E-state index contributed by atoms with van der Waals surface area (Å²) < 4.78 is 47.1. The van der Waals surface area contributed by atoms with E-state index in [4.69, 9.17) is 9.41 Å². The molecule has 4 rings (SSSR count). The Kier molecular flexibility index (Phi) is 8.29. The number of nitrogens with zero attached hydrogens (tertiary/aromatic N) is 1. The summed E-state index contributed by atoms with van der Waals surface area (Å²) in [5.41, 5.74) is 5.61. The average molecular weight is 574 g/mol. The fourth-order valence-corrected chi connectivity index (χ4v) is 7.18. The van der Waals surface area contributed by atoms with E-state index in [1.165, 1.54) is 17.7 Å². The van der Waals surface area contributed by atoms with Crippen molar-refractivity contribution < 1.29 is 22.7 Å². The standard InChI is InChI=1S/C33H46F3NO2Si/c1-20(2)29-28(30(38)22-14-16-23(17-15-22)33(34,35)36)26(21-12-10-11-13-21)27-24(37-29)18-32(6,7)19-25(27)39-40(8,9)31(3,4)5/h12,14-17,20,25,30,38H,10-11,13,18-19H2,1-9H3/t25-,30-/m0/s1. The highest BCUT2D eigenvalue weighted by Gasteiger charge is 2.45. The number of hydrogen-bond donors (Lipinski definition) is 1. The van der Waals surface area contributed by atoms with Crippen LogP contribution in [0.25, 0.3) is 5.57 Å². The van der Waals surface area contributed by atoms with E-state index in [9.17, 15) is 18.3 Å². The molecule has 1 aromatic heterocycles. The summed E-state index contributed by atoms with van der Waals surface area (Å²) in [7, 11) is -2.17. The highest BCUT2D eigenvalue weighted by Crippen LogP contribution is 2.52. The van der Waals surface area contributed by atoms with Crippen molar-refractivity contribution >= 4 is 13.9 Å². The van der Waals surface area contributed by atoms with Gasteiger partial charge in [-0.3, -0.25) is 4.98 Å². The number of allylic oxidation sites excluding steroid dienone is 2. The first-order valence-corrected chi connectivity index (χ1v) is 17.5. The molecule has 2 aromatic rings. The fourth-order valence-electron chi connectivity index (χ4n) is 5.91. The van der Waals surface area contributed by atoms with Crippen LogP contribution in [0.4, 0.5) is 13.2 Å². The zero-order valence-corrected chi connectivity index (χ0v) is 26.6. The Morgan fingerprint density at radius 2 is 1.70 bits per heavy atom. The third-order valence-corrected chi connectivity index (χ3v) is 13.6. The van der Waals surface area contributed by atoms with E-state index in [1.54, 1.807) is 0 Å². The molecule has 1 heterocycles. The maximum absolute atomic E-state index is 13.3. The Bertz CT molecular complexity index is 1270. The van der Waals surface area contributed by atoms with Gasteiger partial charge < -0.3 is 9.53 Å². The third kappa shape index (κ3) is 6.12. The Morgan fingerprint density at radius 3 is 2.20 bits per heavy atom. The molecule has 220 valence electrons. The number of benzene rings is 1. The summed E-state index contributed by atoms with van der Waals surface area (Å²) in [5, 5.41) is 12.0. The zero-order chi connectivity index (χ0) is 29.8. The van der Waals surface area contributed by atoms with Gasteiger partial charge in [-0.2, -0.15) is 13.2 Å². The summed E-state index contributed by atoms with van der Waals surface area (Å²) in [4.78, 5) is 5.25. The largest absolute Gasteiger partial charge is 0.416 e. The molecule has 0 fully saturated rings. The summed E-state index contributed by atoms with van der Waals surface area (Å²) in [6.07, 6.45) is 1.16. The first-order chi connectivity index (χ1) is 18.3. The maximum atomic E-state index is 13.3. The second kappa shape index (κ2) is 10.7. The van der Waals surface area contributed by atoms with E-state index in [0.717, 1.165) is 72.3 Å². The molecule has 40 heavy (non-hydrogen) atoms. The second-order valence-electron chi connectivity index (χ2n) is 14.4. The van der Waals surface area contributed by atoms with Gasteiger partial charge in [-0.05, 0) is 90.4 Å².